The molecule has 3 aromatic carbocycles. The van der Waals surface area contributed by atoms with Crippen LogP contribution in [0.4, 0.5) is 0 Å². The molecule has 0 aliphatic rings. The molecule has 3 aromatic rings. The van der Waals surface area contributed by atoms with Gasteiger partial charge in [-0.15, -0.1) is 0 Å². The molecule has 0 aliphatic heterocycles. The maximum absolute atomic E-state index is 7.09. The van der Waals surface area contributed by atoms with Crippen molar-refractivity contribution in [2.75, 3.05) is 6.66 Å². The first kappa shape index (κ1) is 17.2. The van der Waals surface area contributed by atoms with E-state index in [-0.39, 0.29) is 0 Å². The number of nitrogens with zero attached hydrogens (tertiary/aromatic N) is 2. The summed E-state index contributed by atoms with van der Waals surface area (Å²) in [5, 5.41) is 11.2. The number of benzene rings is 3. The van der Waals surface area contributed by atoms with Gasteiger partial charge in [-0.2, -0.15) is 0 Å². The predicted molar refractivity (Wildman–Crippen MR) is 110 cm³/mol. The van der Waals surface area contributed by atoms with E-state index in [0.717, 1.165) is 11.3 Å². The molecule has 0 amide bonds. The van der Waals surface area contributed by atoms with E-state index in [2.05, 4.69) is 95.9 Å². The van der Waals surface area contributed by atoms with Gasteiger partial charge in [-0.05, 0) is 0 Å². The topological polar surface area (TPSA) is 48.6 Å². The van der Waals surface area contributed by atoms with Crippen LogP contribution in [0.3, 0.4) is 0 Å². The quantitative estimate of drug-likeness (QED) is 0.313. The maximum atomic E-state index is 7.09. The molecule has 4 heteroatoms. The minimum atomic E-state index is -2.20. The first-order valence-electron chi connectivity index (χ1n) is 8.30. The van der Waals surface area contributed by atoms with Crippen LogP contribution in [0.15, 0.2) is 95.3 Å². The van der Waals surface area contributed by atoms with Crippen LogP contribution in [-0.4, -0.2) is 12.4 Å². The van der Waals surface area contributed by atoms with Gasteiger partial charge in [-0.1, -0.05) is 0 Å². The zero-order chi connectivity index (χ0) is 17.7. The zero-order valence-electron chi connectivity index (χ0n) is 14.5. The molecule has 0 unspecified atom stereocenters. The molecule has 3 nitrogen and oxygen atoms in total. The normalized spacial score (nSPS) is 12.6. The van der Waals surface area contributed by atoms with Gasteiger partial charge in [0.25, 0.3) is 0 Å². The van der Waals surface area contributed by atoms with Crippen molar-refractivity contribution in [1.29, 1.82) is 5.53 Å². The molecule has 25 heavy (non-hydrogen) atoms. The van der Waals surface area contributed by atoms with Crippen molar-refractivity contribution in [2.45, 2.75) is 6.92 Å². The SMILES string of the molecule is C/C(=N\N=N)c1ccccc1[PH](C)(c1ccccc1)c1ccccc1. The first-order chi connectivity index (χ1) is 12.2. The van der Waals surface area contributed by atoms with Crippen molar-refractivity contribution in [3.05, 3.63) is 90.5 Å². The molecule has 0 spiro atoms. The Labute approximate surface area is 149 Å². The van der Waals surface area contributed by atoms with E-state index < -0.39 is 7.26 Å². The van der Waals surface area contributed by atoms with E-state index >= 15 is 0 Å². The van der Waals surface area contributed by atoms with E-state index in [9.17, 15) is 0 Å². The Hall–Kier alpha value is -2.64. The Balaban J connectivity index is 2.32. The van der Waals surface area contributed by atoms with Gasteiger partial charge >= 0.3 is 149 Å². The fraction of sp³-hybridized carbons (Fsp3) is 0.0952. The van der Waals surface area contributed by atoms with Gasteiger partial charge < -0.3 is 0 Å². The summed E-state index contributed by atoms with van der Waals surface area (Å²) < 4.78 is 0. The molecule has 0 atom stereocenters. The molecule has 0 bridgehead atoms. The molecule has 0 aromatic heterocycles. The summed E-state index contributed by atoms with van der Waals surface area (Å²) in [5.74, 6) is 0. The Kier molecular flexibility index (Phi) is 5.16. The van der Waals surface area contributed by atoms with Crippen molar-refractivity contribution in [3.8, 4) is 0 Å². The molecular formula is C21H22N3P. The van der Waals surface area contributed by atoms with Gasteiger partial charge in [-0.3, -0.25) is 0 Å². The molecule has 126 valence electrons. The van der Waals surface area contributed by atoms with E-state index in [0.29, 0.717) is 0 Å². The van der Waals surface area contributed by atoms with Crippen molar-refractivity contribution >= 4 is 28.9 Å². The number of hydrogen-bond acceptors (Lipinski definition) is 2. The molecule has 3 rings (SSSR count). The van der Waals surface area contributed by atoms with Crippen LogP contribution >= 0.6 is 7.26 Å². The summed E-state index contributed by atoms with van der Waals surface area (Å²) in [6.45, 7) is 4.29. The second-order valence-electron chi connectivity index (χ2n) is 6.19. The van der Waals surface area contributed by atoms with Crippen LogP contribution in [-0.2, 0) is 0 Å². The second kappa shape index (κ2) is 7.50. The molecule has 0 aliphatic carbocycles. The summed E-state index contributed by atoms with van der Waals surface area (Å²) in [6, 6.07) is 29.8. The minimum absolute atomic E-state index is 0.774. The molecule has 0 radical (unpaired) electrons. The van der Waals surface area contributed by atoms with Crippen molar-refractivity contribution in [2.24, 2.45) is 10.3 Å². The van der Waals surface area contributed by atoms with E-state index in [1.807, 2.05) is 13.0 Å². The summed E-state index contributed by atoms with van der Waals surface area (Å²) in [7, 11) is -2.20. The van der Waals surface area contributed by atoms with Crippen LogP contribution in [0.2, 0.25) is 0 Å². The monoisotopic (exact) mass is 347 g/mol. The van der Waals surface area contributed by atoms with E-state index in [1.54, 1.807) is 0 Å². The van der Waals surface area contributed by atoms with Gasteiger partial charge in [-0.25, -0.2) is 0 Å². The van der Waals surface area contributed by atoms with Gasteiger partial charge in [0.05, 0.1) is 0 Å². The molecular weight excluding hydrogens is 325 g/mol. The van der Waals surface area contributed by atoms with Crippen LogP contribution in [0.25, 0.3) is 0 Å². The Morgan fingerprint density at radius 2 is 1.24 bits per heavy atom. The number of rotatable bonds is 5. The zero-order valence-corrected chi connectivity index (χ0v) is 15.5. The van der Waals surface area contributed by atoms with Gasteiger partial charge in [0.15, 0.2) is 0 Å². The second-order valence-corrected chi connectivity index (χ2v) is 10.1. The standard InChI is InChI=1S/C21H22N3P/c1-17(23-24-22)20-15-9-10-16-21(20)25(2,18-11-5-3-6-12-18)19-13-7-4-8-14-19/h3-16,22,25H,1-2H3/b23-17+,24-22?. The molecule has 0 fully saturated rings. The van der Waals surface area contributed by atoms with Crippen molar-refractivity contribution in [3.63, 3.8) is 0 Å². The number of nitrogens with one attached hydrogen (secondary N) is 1. The predicted octanol–water partition coefficient (Wildman–Crippen LogP) is 4.10. The molecule has 1 N–H and O–H groups in total. The Morgan fingerprint density at radius 1 is 0.760 bits per heavy atom. The average molecular weight is 347 g/mol. The molecule has 0 saturated carbocycles. The van der Waals surface area contributed by atoms with Crippen LogP contribution in [0, 0.1) is 5.53 Å². The van der Waals surface area contributed by atoms with Crippen molar-refractivity contribution < 1.29 is 0 Å². The summed E-state index contributed by atoms with van der Waals surface area (Å²) in [5.41, 5.74) is 8.93. The third kappa shape index (κ3) is 3.29. The van der Waals surface area contributed by atoms with Gasteiger partial charge in [0, 0.05) is 0 Å². The van der Waals surface area contributed by atoms with Gasteiger partial charge in [0.1, 0.15) is 0 Å². The fourth-order valence-electron chi connectivity index (χ4n) is 3.38. The van der Waals surface area contributed by atoms with E-state index in [4.69, 9.17) is 5.53 Å². The number of hydrogen-bond donors (Lipinski definition) is 1. The third-order valence-electron chi connectivity index (χ3n) is 4.76. The van der Waals surface area contributed by atoms with Crippen LogP contribution in [0.1, 0.15) is 12.5 Å². The first-order valence-corrected chi connectivity index (χ1v) is 10.8. The van der Waals surface area contributed by atoms with Crippen LogP contribution in [0.5, 0.6) is 0 Å². The summed E-state index contributed by atoms with van der Waals surface area (Å²) in [6.07, 6.45) is 0. The average Bonchev–Trinajstić information content (AvgIpc) is 2.69. The molecule has 0 heterocycles. The molecule has 0 saturated heterocycles. The summed E-state index contributed by atoms with van der Waals surface area (Å²) in [4.78, 5) is 0. The van der Waals surface area contributed by atoms with Crippen molar-refractivity contribution in [1.82, 2.24) is 0 Å². The third-order valence-corrected chi connectivity index (χ3v) is 9.25. The van der Waals surface area contributed by atoms with Crippen LogP contribution < -0.4 is 15.9 Å². The fourth-order valence-corrected chi connectivity index (χ4v) is 7.29. The van der Waals surface area contributed by atoms with E-state index in [1.165, 1.54) is 15.9 Å². The van der Waals surface area contributed by atoms with Gasteiger partial charge in [0.2, 0.25) is 0 Å². The Bertz CT molecular complexity index is 850. The Morgan fingerprint density at radius 3 is 1.76 bits per heavy atom. The summed E-state index contributed by atoms with van der Waals surface area (Å²) >= 11 is 0.